The second-order valence-electron chi connectivity index (χ2n) is 4.92. The van der Waals surface area contributed by atoms with Crippen molar-refractivity contribution >= 4 is 17.5 Å². The first-order chi connectivity index (χ1) is 9.11. The van der Waals surface area contributed by atoms with Crippen molar-refractivity contribution in [3.05, 3.63) is 5.28 Å². The van der Waals surface area contributed by atoms with Crippen molar-refractivity contribution in [2.75, 3.05) is 31.7 Å². The molecule has 6 nitrogen and oxygen atoms in total. The number of nitrogens with one attached hydrogen (secondary N) is 1. The minimum Gasteiger partial charge on any atom is -0.464 e. The molecule has 0 atom stereocenters. The first kappa shape index (κ1) is 14.3. The molecule has 0 aromatic carbocycles. The highest BCUT2D eigenvalue weighted by Crippen LogP contribution is 2.29. The van der Waals surface area contributed by atoms with E-state index in [2.05, 4.69) is 27.2 Å². The molecule has 1 aliphatic rings. The number of nitrogens with zero attached hydrogens (tertiary/aromatic N) is 3. The monoisotopic (exact) mass is 286 g/mol. The topological polar surface area (TPSA) is 69.2 Å². The van der Waals surface area contributed by atoms with Crippen molar-refractivity contribution < 1.29 is 9.47 Å². The summed E-state index contributed by atoms with van der Waals surface area (Å²) in [6, 6.07) is 0.252. The third-order valence-corrected chi connectivity index (χ3v) is 3.40. The summed E-state index contributed by atoms with van der Waals surface area (Å²) in [6.07, 6.45) is 2.05. The number of hydrogen-bond acceptors (Lipinski definition) is 6. The minimum absolute atomic E-state index is 0.137. The van der Waals surface area contributed by atoms with E-state index in [-0.39, 0.29) is 16.7 Å². The van der Waals surface area contributed by atoms with Crippen LogP contribution in [0, 0.1) is 5.41 Å². The Hall–Kier alpha value is -1.14. The quantitative estimate of drug-likeness (QED) is 0.894. The van der Waals surface area contributed by atoms with E-state index in [1.165, 1.54) is 0 Å². The van der Waals surface area contributed by atoms with Gasteiger partial charge in [-0.05, 0) is 36.8 Å². The van der Waals surface area contributed by atoms with Crippen molar-refractivity contribution in [1.29, 1.82) is 0 Å². The molecule has 19 heavy (non-hydrogen) atoms. The summed E-state index contributed by atoms with van der Waals surface area (Å²) < 4.78 is 10.6. The van der Waals surface area contributed by atoms with Gasteiger partial charge in [0, 0.05) is 19.8 Å². The first-order valence-electron chi connectivity index (χ1n) is 6.47. The second kappa shape index (κ2) is 6.34. The lowest BCUT2D eigenvalue weighted by Gasteiger charge is -2.33. The zero-order chi connectivity index (χ0) is 13.7. The van der Waals surface area contributed by atoms with Gasteiger partial charge < -0.3 is 14.8 Å². The lowest BCUT2D eigenvalue weighted by Crippen LogP contribution is -2.33. The van der Waals surface area contributed by atoms with Crippen molar-refractivity contribution in [1.82, 2.24) is 15.0 Å². The van der Waals surface area contributed by atoms with Gasteiger partial charge >= 0.3 is 6.01 Å². The van der Waals surface area contributed by atoms with Crippen molar-refractivity contribution in [2.45, 2.75) is 26.7 Å². The molecule has 106 valence electrons. The molecule has 2 rings (SSSR count). The third-order valence-electron chi connectivity index (χ3n) is 3.23. The maximum atomic E-state index is 5.84. The summed E-state index contributed by atoms with van der Waals surface area (Å²) >= 11 is 5.84. The van der Waals surface area contributed by atoms with Crippen LogP contribution in [0.2, 0.25) is 5.28 Å². The predicted molar refractivity (Wildman–Crippen MR) is 72.7 cm³/mol. The lowest BCUT2D eigenvalue weighted by molar-refractivity contribution is 0.0299. The fourth-order valence-electron chi connectivity index (χ4n) is 1.94. The Kier molecular flexibility index (Phi) is 4.76. The Balaban J connectivity index is 1.98. The lowest BCUT2D eigenvalue weighted by atomic mass is 9.82. The molecular formula is C12H19ClN4O2. The molecule has 1 aromatic rings. The standard InChI is InChI=1S/C12H19ClN4O2/c1-3-19-11-16-9(13)15-10(17-11)14-8-12(2)4-6-18-7-5-12/h3-8H2,1-2H3,(H,14,15,16,17). The van der Waals surface area contributed by atoms with E-state index >= 15 is 0 Å². The van der Waals surface area contributed by atoms with Crippen LogP contribution in [0.4, 0.5) is 5.95 Å². The largest absolute Gasteiger partial charge is 0.464 e. The average Bonchev–Trinajstić information content (AvgIpc) is 2.37. The average molecular weight is 287 g/mol. The molecule has 2 heterocycles. The van der Waals surface area contributed by atoms with Gasteiger partial charge in [0.25, 0.3) is 0 Å². The minimum atomic E-state index is 0.137. The SMILES string of the molecule is CCOc1nc(Cl)nc(NCC2(C)CCOCC2)n1. The van der Waals surface area contributed by atoms with Crippen molar-refractivity contribution in [3.8, 4) is 6.01 Å². The normalized spacial score (nSPS) is 18.1. The predicted octanol–water partition coefficient (Wildman–Crippen LogP) is 2.15. The Morgan fingerprint density at radius 1 is 1.32 bits per heavy atom. The summed E-state index contributed by atoms with van der Waals surface area (Å²) in [5.74, 6) is 0.455. The maximum Gasteiger partial charge on any atom is 0.322 e. The van der Waals surface area contributed by atoms with Crippen LogP contribution in [0.5, 0.6) is 6.01 Å². The molecule has 1 saturated heterocycles. The maximum absolute atomic E-state index is 5.84. The molecule has 0 radical (unpaired) electrons. The van der Waals surface area contributed by atoms with Gasteiger partial charge in [-0.2, -0.15) is 15.0 Å². The fourth-order valence-corrected chi connectivity index (χ4v) is 2.09. The summed E-state index contributed by atoms with van der Waals surface area (Å²) in [5.41, 5.74) is 0.198. The molecule has 0 bridgehead atoms. The Morgan fingerprint density at radius 2 is 2.05 bits per heavy atom. The number of ether oxygens (including phenoxy) is 2. The van der Waals surface area contributed by atoms with Gasteiger partial charge in [-0.1, -0.05) is 6.92 Å². The van der Waals surface area contributed by atoms with Crippen LogP contribution in [-0.4, -0.2) is 41.3 Å². The van der Waals surface area contributed by atoms with Crippen LogP contribution in [0.15, 0.2) is 0 Å². The van der Waals surface area contributed by atoms with E-state index in [9.17, 15) is 0 Å². The summed E-state index contributed by atoms with van der Waals surface area (Å²) in [4.78, 5) is 12.1. The zero-order valence-electron chi connectivity index (χ0n) is 11.3. The van der Waals surface area contributed by atoms with Gasteiger partial charge in [-0.3, -0.25) is 0 Å². The Bertz CT molecular complexity index is 424. The van der Waals surface area contributed by atoms with Gasteiger partial charge in [0.15, 0.2) is 0 Å². The number of anilines is 1. The smallest absolute Gasteiger partial charge is 0.322 e. The second-order valence-corrected chi connectivity index (χ2v) is 5.26. The van der Waals surface area contributed by atoms with Crippen LogP contribution in [-0.2, 0) is 4.74 Å². The molecule has 0 saturated carbocycles. The van der Waals surface area contributed by atoms with Crippen molar-refractivity contribution in [2.24, 2.45) is 5.41 Å². The molecule has 1 N–H and O–H groups in total. The Labute approximate surface area is 117 Å². The van der Waals surface area contributed by atoms with Gasteiger partial charge in [0.05, 0.1) is 6.61 Å². The van der Waals surface area contributed by atoms with Gasteiger partial charge in [-0.25, -0.2) is 0 Å². The van der Waals surface area contributed by atoms with Crippen LogP contribution < -0.4 is 10.1 Å². The van der Waals surface area contributed by atoms with Crippen molar-refractivity contribution in [3.63, 3.8) is 0 Å². The highest BCUT2D eigenvalue weighted by molar-refractivity contribution is 6.28. The number of rotatable bonds is 5. The Morgan fingerprint density at radius 3 is 2.74 bits per heavy atom. The van der Waals surface area contributed by atoms with E-state index < -0.39 is 0 Å². The van der Waals surface area contributed by atoms with E-state index in [0.29, 0.717) is 12.6 Å². The summed E-state index contributed by atoms with van der Waals surface area (Å²) in [5, 5.41) is 3.35. The molecular weight excluding hydrogens is 268 g/mol. The van der Waals surface area contributed by atoms with E-state index in [1.54, 1.807) is 0 Å². The van der Waals surface area contributed by atoms with Gasteiger partial charge in [0.2, 0.25) is 11.2 Å². The van der Waals surface area contributed by atoms with Crippen LogP contribution >= 0.6 is 11.6 Å². The van der Waals surface area contributed by atoms with Crippen LogP contribution in [0.25, 0.3) is 0 Å². The molecule has 0 amide bonds. The van der Waals surface area contributed by atoms with Gasteiger partial charge in [0.1, 0.15) is 0 Å². The summed E-state index contributed by atoms with van der Waals surface area (Å²) in [6.45, 7) is 6.99. The fraction of sp³-hybridized carbons (Fsp3) is 0.750. The highest BCUT2D eigenvalue weighted by atomic mass is 35.5. The van der Waals surface area contributed by atoms with E-state index in [1.807, 2.05) is 6.92 Å². The van der Waals surface area contributed by atoms with Crippen LogP contribution in [0.1, 0.15) is 26.7 Å². The number of halogens is 1. The molecule has 0 aliphatic carbocycles. The molecule has 1 aromatic heterocycles. The molecule has 7 heteroatoms. The first-order valence-corrected chi connectivity index (χ1v) is 6.85. The highest BCUT2D eigenvalue weighted by Gasteiger charge is 2.27. The number of aromatic nitrogens is 3. The number of hydrogen-bond donors (Lipinski definition) is 1. The molecule has 0 spiro atoms. The van der Waals surface area contributed by atoms with Gasteiger partial charge in [-0.15, -0.1) is 0 Å². The van der Waals surface area contributed by atoms with Crippen LogP contribution in [0.3, 0.4) is 0 Å². The zero-order valence-corrected chi connectivity index (χ0v) is 12.0. The molecule has 1 fully saturated rings. The molecule has 0 unspecified atom stereocenters. The summed E-state index contributed by atoms with van der Waals surface area (Å²) in [7, 11) is 0. The van der Waals surface area contributed by atoms with E-state index in [0.717, 1.165) is 32.6 Å². The van der Waals surface area contributed by atoms with E-state index in [4.69, 9.17) is 21.1 Å². The third kappa shape index (κ3) is 4.18. The molecule has 1 aliphatic heterocycles.